The van der Waals surface area contributed by atoms with E-state index >= 15 is 0 Å². The van der Waals surface area contributed by atoms with E-state index in [2.05, 4.69) is 47.9 Å². The molecule has 0 bridgehead atoms. The summed E-state index contributed by atoms with van der Waals surface area (Å²) in [6.45, 7) is 8.59. The standard InChI is InChI=1S/C34H39N3O5/c1-22-27(11-12-30(38)39)23(2)35-33-31(22)28-5-3-4-6-29(28)37(33)21-24-7-9-25(10-8-24)32(26-13-17-41-18-14-26)34(40)36-15-19-42-20-16-36/h3-10,26,32H,11-21H2,1-2H3,(H,38,39). The minimum atomic E-state index is -0.800. The van der Waals surface area contributed by atoms with Crippen molar-refractivity contribution in [3.05, 3.63) is 76.5 Å². The maximum atomic E-state index is 13.8. The molecule has 2 fully saturated rings. The number of para-hydroxylation sites is 1. The van der Waals surface area contributed by atoms with E-state index in [0.29, 0.717) is 52.5 Å². The highest BCUT2D eigenvalue weighted by Crippen LogP contribution is 2.36. The number of morpholine rings is 1. The molecule has 2 aromatic heterocycles. The van der Waals surface area contributed by atoms with Gasteiger partial charge in [-0.1, -0.05) is 42.5 Å². The Hall–Kier alpha value is -3.75. The third-order valence-electron chi connectivity index (χ3n) is 9.08. The lowest BCUT2D eigenvalue weighted by Crippen LogP contribution is -2.45. The summed E-state index contributed by atoms with van der Waals surface area (Å²) in [4.78, 5) is 32.1. The second-order valence-electron chi connectivity index (χ2n) is 11.6. The van der Waals surface area contributed by atoms with Crippen LogP contribution in [-0.4, -0.2) is 71.0 Å². The van der Waals surface area contributed by atoms with Crippen molar-refractivity contribution >= 4 is 33.8 Å². The molecule has 0 spiro atoms. The van der Waals surface area contributed by atoms with E-state index in [0.717, 1.165) is 62.7 Å². The highest BCUT2D eigenvalue weighted by molar-refractivity contribution is 6.08. The first-order chi connectivity index (χ1) is 20.4. The summed E-state index contributed by atoms with van der Waals surface area (Å²) in [5.41, 5.74) is 7.21. The summed E-state index contributed by atoms with van der Waals surface area (Å²) < 4.78 is 13.4. The molecule has 220 valence electrons. The number of carbonyl (C=O) groups is 2. The van der Waals surface area contributed by atoms with Crippen LogP contribution in [0.1, 0.15) is 53.1 Å². The maximum Gasteiger partial charge on any atom is 0.303 e. The summed E-state index contributed by atoms with van der Waals surface area (Å²) in [6, 6.07) is 16.9. The molecule has 1 atom stereocenters. The molecule has 1 N–H and O–H groups in total. The van der Waals surface area contributed by atoms with E-state index < -0.39 is 5.97 Å². The van der Waals surface area contributed by atoms with Crippen molar-refractivity contribution in [2.24, 2.45) is 5.92 Å². The largest absolute Gasteiger partial charge is 0.481 e. The molecule has 0 saturated carbocycles. The van der Waals surface area contributed by atoms with Gasteiger partial charge in [-0.15, -0.1) is 0 Å². The van der Waals surface area contributed by atoms with Crippen LogP contribution in [0.5, 0.6) is 0 Å². The summed E-state index contributed by atoms with van der Waals surface area (Å²) >= 11 is 0. The summed E-state index contributed by atoms with van der Waals surface area (Å²) in [5.74, 6) is -0.507. The van der Waals surface area contributed by atoms with Gasteiger partial charge in [0.15, 0.2) is 0 Å². The number of amides is 1. The van der Waals surface area contributed by atoms with E-state index in [9.17, 15) is 14.7 Å². The Morgan fingerprint density at radius 1 is 0.976 bits per heavy atom. The zero-order valence-electron chi connectivity index (χ0n) is 24.5. The predicted molar refractivity (Wildman–Crippen MR) is 162 cm³/mol. The summed E-state index contributed by atoms with van der Waals surface area (Å²) in [6.07, 6.45) is 2.34. The molecule has 2 saturated heterocycles. The quantitative estimate of drug-likeness (QED) is 0.312. The van der Waals surface area contributed by atoms with Gasteiger partial charge in [-0.3, -0.25) is 9.59 Å². The van der Waals surface area contributed by atoms with Crippen molar-refractivity contribution in [2.75, 3.05) is 39.5 Å². The molecule has 0 radical (unpaired) electrons. The Morgan fingerprint density at radius 3 is 2.38 bits per heavy atom. The molecule has 8 heteroatoms. The van der Waals surface area contributed by atoms with Gasteiger partial charge < -0.3 is 24.0 Å². The van der Waals surface area contributed by atoms with Crippen LogP contribution >= 0.6 is 0 Å². The third-order valence-corrected chi connectivity index (χ3v) is 9.08. The van der Waals surface area contributed by atoms with Crippen LogP contribution in [0.25, 0.3) is 21.9 Å². The number of benzene rings is 2. The van der Waals surface area contributed by atoms with Crippen molar-refractivity contribution in [2.45, 2.75) is 52.0 Å². The zero-order valence-corrected chi connectivity index (χ0v) is 24.5. The van der Waals surface area contributed by atoms with Crippen molar-refractivity contribution in [3.8, 4) is 0 Å². The van der Waals surface area contributed by atoms with Gasteiger partial charge in [0.2, 0.25) is 5.91 Å². The monoisotopic (exact) mass is 569 g/mol. The fourth-order valence-corrected chi connectivity index (χ4v) is 6.84. The lowest BCUT2D eigenvalue weighted by Gasteiger charge is -2.35. The number of aryl methyl sites for hydroxylation is 2. The minimum absolute atomic E-state index is 0.0861. The van der Waals surface area contributed by atoms with Crippen LogP contribution in [0.4, 0.5) is 0 Å². The molecular formula is C34H39N3O5. The first kappa shape index (κ1) is 28.4. The van der Waals surface area contributed by atoms with Crippen molar-refractivity contribution in [1.29, 1.82) is 0 Å². The Morgan fingerprint density at radius 2 is 1.67 bits per heavy atom. The van der Waals surface area contributed by atoms with Crippen LogP contribution in [0.15, 0.2) is 48.5 Å². The molecule has 2 aromatic carbocycles. The van der Waals surface area contributed by atoms with Gasteiger partial charge in [0.25, 0.3) is 0 Å². The Kier molecular flexibility index (Phi) is 8.27. The van der Waals surface area contributed by atoms with Gasteiger partial charge in [0, 0.05) is 55.7 Å². The topological polar surface area (TPSA) is 93.9 Å². The highest BCUT2D eigenvalue weighted by Gasteiger charge is 2.34. The summed E-state index contributed by atoms with van der Waals surface area (Å²) in [7, 11) is 0. The molecule has 1 amide bonds. The molecule has 4 aromatic rings. The zero-order chi connectivity index (χ0) is 29.2. The first-order valence-electron chi connectivity index (χ1n) is 15.0. The van der Waals surface area contributed by atoms with E-state index in [1.165, 1.54) is 0 Å². The van der Waals surface area contributed by atoms with Crippen LogP contribution < -0.4 is 0 Å². The first-order valence-corrected chi connectivity index (χ1v) is 15.0. The predicted octanol–water partition coefficient (Wildman–Crippen LogP) is 5.24. The molecule has 0 aliphatic carbocycles. The number of nitrogens with zero attached hydrogens (tertiary/aromatic N) is 3. The number of rotatable bonds is 8. The Balaban J connectivity index is 1.34. The van der Waals surface area contributed by atoms with Crippen LogP contribution in [0, 0.1) is 19.8 Å². The number of hydrogen-bond acceptors (Lipinski definition) is 5. The Labute approximate surface area is 246 Å². The third kappa shape index (κ3) is 5.53. The van der Waals surface area contributed by atoms with E-state index in [-0.39, 0.29) is 24.2 Å². The highest BCUT2D eigenvalue weighted by atomic mass is 16.5. The van der Waals surface area contributed by atoms with Crippen LogP contribution in [-0.2, 0) is 32.0 Å². The molecule has 42 heavy (non-hydrogen) atoms. The number of fused-ring (bicyclic) bond motifs is 3. The number of carboxylic acids is 1. The van der Waals surface area contributed by atoms with Crippen molar-refractivity contribution < 1.29 is 24.2 Å². The van der Waals surface area contributed by atoms with Gasteiger partial charge in [0.05, 0.1) is 24.6 Å². The van der Waals surface area contributed by atoms with Gasteiger partial charge in [0.1, 0.15) is 5.65 Å². The van der Waals surface area contributed by atoms with E-state index in [1.54, 1.807) is 0 Å². The van der Waals surface area contributed by atoms with Gasteiger partial charge in [-0.2, -0.15) is 0 Å². The fraction of sp³-hybridized carbons (Fsp3) is 0.441. The molecule has 8 nitrogen and oxygen atoms in total. The Bertz CT molecular complexity index is 1600. The molecule has 2 aliphatic heterocycles. The lowest BCUT2D eigenvalue weighted by atomic mass is 9.80. The van der Waals surface area contributed by atoms with Gasteiger partial charge in [-0.25, -0.2) is 4.98 Å². The fourth-order valence-electron chi connectivity index (χ4n) is 6.84. The summed E-state index contributed by atoms with van der Waals surface area (Å²) in [5, 5.41) is 11.5. The SMILES string of the molecule is Cc1nc2c(c(C)c1CCC(=O)O)c1ccccc1n2Cc1ccc(C(C(=O)N2CCOCC2)C2CCOCC2)cc1. The van der Waals surface area contributed by atoms with Crippen LogP contribution in [0.2, 0.25) is 0 Å². The normalized spacial score (nSPS) is 17.1. The molecule has 6 rings (SSSR count). The minimum Gasteiger partial charge on any atom is -0.481 e. The molecule has 1 unspecified atom stereocenters. The average Bonchev–Trinajstić information content (AvgIpc) is 3.31. The van der Waals surface area contributed by atoms with Gasteiger partial charge in [-0.05, 0) is 67.3 Å². The second kappa shape index (κ2) is 12.2. The number of hydrogen-bond donors (Lipinski definition) is 1. The number of aromatic nitrogens is 2. The van der Waals surface area contributed by atoms with Gasteiger partial charge >= 0.3 is 5.97 Å². The van der Waals surface area contributed by atoms with Crippen molar-refractivity contribution in [1.82, 2.24) is 14.5 Å². The average molecular weight is 570 g/mol. The maximum absolute atomic E-state index is 13.8. The van der Waals surface area contributed by atoms with E-state index in [1.807, 2.05) is 24.0 Å². The van der Waals surface area contributed by atoms with Crippen molar-refractivity contribution in [3.63, 3.8) is 0 Å². The number of carboxylic acid groups (broad SMARTS) is 1. The number of pyridine rings is 1. The molecule has 2 aliphatic rings. The molecular weight excluding hydrogens is 530 g/mol. The smallest absolute Gasteiger partial charge is 0.303 e. The molecule has 4 heterocycles. The van der Waals surface area contributed by atoms with E-state index in [4.69, 9.17) is 14.5 Å². The number of aliphatic carboxylic acids is 1. The van der Waals surface area contributed by atoms with Crippen LogP contribution in [0.3, 0.4) is 0 Å². The number of ether oxygens (including phenoxy) is 2. The lowest BCUT2D eigenvalue weighted by molar-refractivity contribution is -0.139. The second-order valence-corrected chi connectivity index (χ2v) is 11.6. The number of carbonyl (C=O) groups excluding carboxylic acids is 1.